The molecular formula is C13H17ClOS2. The van der Waals surface area contributed by atoms with Crippen molar-refractivity contribution in [1.82, 2.24) is 0 Å². The first-order valence-corrected chi connectivity index (χ1v) is 8.36. The van der Waals surface area contributed by atoms with E-state index in [4.69, 9.17) is 11.6 Å². The monoisotopic (exact) mass is 288 g/mol. The quantitative estimate of drug-likeness (QED) is 0.908. The third kappa shape index (κ3) is 3.34. The zero-order chi connectivity index (χ0) is 12.3. The number of rotatable bonds is 3. The third-order valence-electron chi connectivity index (χ3n) is 3.02. The Morgan fingerprint density at radius 3 is 2.59 bits per heavy atom. The number of hydrogen-bond donors (Lipinski definition) is 1. The Kier molecular flexibility index (Phi) is 5.10. The Morgan fingerprint density at radius 1 is 1.29 bits per heavy atom. The summed E-state index contributed by atoms with van der Waals surface area (Å²) in [6.07, 6.45) is 0.738. The van der Waals surface area contributed by atoms with Crippen LogP contribution in [0, 0.1) is 0 Å². The van der Waals surface area contributed by atoms with Crippen LogP contribution in [0.4, 0.5) is 0 Å². The van der Waals surface area contributed by atoms with Gasteiger partial charge in [-0.1, -0.05) is 30.7 Å². The molecule has 3 unspecified atom stereocenters. The molecule has 0 radical (unpaired) electrons. The molecule has 1 aliphatic heterocycles. The van der Waals surface area contributed by atoms with E-state index in [1.807, 2.05) is 47.8 Å². The molecule has 0 aliphatic carbocycles. The lowest BCUT2D eigenvalue weighted by Gasteiger charge is -2.33. The molecule has 1 fully saturated rings. The summed E-state index contributed by atoms with van der Waals surface area (Å²) in [5.41, 5.74) is 0.979. The summed E-state index contributed by atoms with van der Waals surface area (Å²) in [4.78, 5) is 0. The van der Waals surface area contributed by atoms with Crippen LogP contribution in [0.15, 0.2) is 24.3 Å². The largest absolute Gasteiger partial charge is 0.387 e. The lowest BCUT2D eigenvalue weighted by atomic mass is 10.0. The molecule has 2 rings (SSSR count). The normalized spacial score (nSPS) is 26.8. The molecule has 1 N–H and O–H groups in total. The Bertz CT molecular complexity index is 355. The van der Waals surface area contributed by atoms with Gasteiger partial charge in [0.15, 0.2) is 0 Å². The van der Waals surface area contributed by atoms with Crippen LogP contribution in [0.2, 0.25) is 5.02 Å². The Balaban J connectivity index is 2.12. The molecule has 1 aliphatic rings. The van der Waals surface area contributed by atoms with Crippen molar-refractivity contribution in [2.45, 2.75) is 29.9 Å². The predicted octanol–water partition coefficient (Wildman–Crippen LogP) is 4.00. The van der Waals surface area contributed by atoms with Gasteiger partial charge in [-0.2, -0.15) is 23.5 Å². The van der Waals surface area contributed by atoms with Gasteiger partial charge in [-0.25, -0.2) is 0 Å². The van der Waals surface area contributed by atoms with Gasteiger partial charge in [0.05, 0.1) is 6.10 Å². The lowest BCUT2D eigenvalue weighted by Crippen LogP contribution is -2.31. The van der Waals surface area contributed by atoms with Crippen LogP contribution in [0.1, 0.15) is 25.0 Å². The van der Waals surface area contributed by atoms with Crippen LogP contribution in [-0.4, -0.2) is 27.1 Å². The molecular weight excluding hydrogens is 272 g/mol. The van der Waals surface area contributed by atoms with E-state index in [-0.39, 0.29) is 6.10 Å². The Morgan fingerprint density at radius 2 is 1.94 bits per heavy atom. The van der Waals surface area contributed by atoms with E-state index in [9.17, 15) is 5.11 Å². The second-order valence-corrected chi connectivity index (χ2v) is 7.22. The predicted molar refractivity (Wildman–Crippen MR) is 79.2 cm³/mol. The number of aliphatic hydroxyl groups is 1. The molecule has 94 valence electrons. The molecule has 3 atom stereocenters. The Labute approximate surface area is 116 Å². The summed E-state index contributed by atoms with van der Waals surface area (Å²) < 4.78 is 0. The molecule has 1 nitrogen and oxygen atoms in total. The number of thioether (sulfide) groups is 2. The molecule has 1 aromatic carbocycles. The van der Waals surface area contributed by atoms with Gasteiger partial charge in [-0.3, -0.25) is 0 Å². The maximum Gasteiger partial charge on any atom is 0.0919 e. The fourth-order valence-corrected chi connectivity index (χ4v) is 5.34. The molecule has 1 saturated heterocycles. The minimum Gasteiger partial charge on any atom is -0.387 e. The van der Waals surface area contributed by atoms with E-state index in [0.717, 1.165) is 22.8 Å². The maximum atomic E-state index is 10.5. The van der Waals surface area contributed by atoms with E-state index >= 15 is 0 Å². The number of halogens is 1. The third-order valence-corrected chi connectivity index (χ3v) is 6.61. The number of hydrogen-bond acceptors (Lipinski definition) is 3. The van der Waals surface area contributed by atoms with Crippen molar-refractivity contribution < 1.29 is 5.11 Å². The highest BCUT2D eigenvalue weighted by Gasteiger charge is 2.31. The molecule has 1 heterocycles. The average molecular weight is 289 g/mol. The van der Waals surface area contributed by atoms with Crippen molar-refractivity contribution >= 4 is 35.1 Å². The van der Waals surface area contributed by atoms with Crippen LogP contribution < -0.4 is 0 Å². The van der Waals surface area contributed by atoms with Gasteiger partial charge in [-0.15, -0.1) is 0 Å². The minimum absolute atomic E-state index is 0.305. The van der Waals surface area contributed by atoms with Gasteiger partial charge in [-0.05, 0) is 24.1 Å². The van der Waals surface area contributed by atoms with E-state index in [0.29, 0.717) is 10.5 Å². The molecule has 4 heteroatoms. The van der Waals surface area contributed by atoms with Crippen LogP contribution in [0.25, 0.3) is 0 Å². The van der Waals surface area contributed by atoms with Crippen LogP contribution in [0.5, 0.6) is 0 Å². The highest BCUT2D eigenvalue weighted by atomic mass is 35.5. The molecule has 17 heavy (non-hydrogen) atoms. The smallest absolute Gasteiger partial charge is 0.0919 e. The van der Waals surface area contributed by atoms with E-state index in [2.05, 4.69) is 6.92 Å². The summed E-state index contributed by atoms with van der Waals surface area (Å²) in [6, 6.07) is 7.56. The van der Waals surface area contributed by atoms with Gasteiger partial charge in [0.2, 0.25) is 0 Å². The fourth-order valence-electron chi connectivity index (χ4n) is 2.08. The maximum absolute atomic E-state index is 10.5. The van der Waals surface area contributed by atoms with Gasteiger partial charge in [0.25, 0.3) is 0 Å². The summed E-state index contributed by atoms with van der Waals surface area (Å²) in [7, 11) is 0. The van der Waals surface area contributed by atoms with Gasteiger partial charge in [0, 0.05) is 27.0 Å². The summed E-state index contributed by atoms with van der Waals surface area (Å²) >= 11 is 9.76. The van der Waals surface area contributed by atoms with E-state index in [1.54, 1.807) is 0 Å². The van der Waals surface area contributed by atoms with E-state index in [1.165, 1.54) is 5.75 Å². The molecule has 0 spiro atoms. The van der Waals surface area contributed by atoms with Gasteiger partial charge < -0.3 is 5.11 Å². The lowest BCUT2D eigenvalue weighted by molar-refractivity contribution is 0.172. The van der Waals surface area contributed by atoms with Crippen molar-refractivity contribution in [2.75, 3.05) is 11.5 Å². The summed E-state index contributed by atoms with van der Waals surface area (Å²) in [5.74, 6) is 2.34. The summed E-state index contributed by atoms with van der Waals surface area (Å²) in [6.45, 7) is 2.20. The topological polar surface area (TPSA) is 20.2 Å². The van der Waals surface area contributed by atoms with Gasteiger partial charge in [0.1, 0.15) is 0 Å². The van der Waals surface area contributed by atoms with Gasteiger partial charge >= 0.3 is 0 Å². The standard InChI is InChI=1S/C13H17ClOS2/c1-2-11-13(17-8-7-16-11)12(15)9-3-5-10(14)6-4-9/h3-6,11-13,15H,2,7-8H2,1H3. The van der Waals surface area contributed by atoms with Crippen LogP contribution in [0.3, 0.4) is 0 Å². The highest BCUT2D eigenvalue weighted by molar-refractivity contribution is 8.07. The zero-order valence-electron chi connectivity index (χ0n) is 9.80. The van der Waals surface area contributed by atoms with Crippen molar-refractivity contribution in [3.05, 3.63) is 34.9 Å². The average Bonchev–Trinajstić information content (AvgIpc) is 2.39. The second kappa shape index (κ2) is 6.37. The number of benzene rings is 1. The zero-order valence-corrected chi connectivity index (χ0v) is 12.2. The summed E-state index contributed by atoms with van der Waals surface area (Å²) in [5, 5.41) is 12.0. The first kappa shape index (κ1) is 13.6. The molecule has 0 saturated carbocycles. The SMILES string of the molecule is CCC1SCCSC1C(O)c1ccc(Cl)cc1. The van der Waals surface area contributed by atoms with E-state index < -0.39 is 0 Å². The molecule has 1 aromatic rings. The number of aliphatic hydroxyl groups excluding tert-OH is 1. The minimum atomic E-state index is -0.380. The van der Waals surface area contributed by atoms with Crippen molar-refractivity contribution in [1.29, 1.82) is 0 Å². The van der Waals surface area contributed by atoms with Crippen molar-refractivity contribution in [3.8, 4) is 0 Å². The van der Waals surface area contributed by atoms with Crippen LogP contribution in [-0.2, 0) is 0 Å². The van der Waals surface area contributed by atoms with Crippen molar-refractivity contribution in [2.24, 2.45) is 0 Å². The van der Waals surface area contributed by atoms with Crippen LogP contribution >= 0.6 is 35.1 Å². The molecule has 0 bridgehead atoms. The van der Waals surface area contributed by atoms with Crippen molar-refractivity contribution in [3.63, 3.8) is 0 Å². The first-order valence-electron chi connectivity index (χ1n) is 5.89. The first-order chi connectivity index (χ1) is 8.22. The Hall–Kier alpha value is 0.170. The highest BCUT2D eigenvalue weighted by Crippen LogP contribution is 2.40. The second-order valence-electron chi connectivity index (χ2n) is 4.15. The fraction of sp³-hybridized carbons (Fsp3) is 0.538. The molecule has 0 amide bonds. The molecule has 0 aromatic heterocycles.